The van der Waals surface area contributed by atoms with Crippen LogP contribution in [0.4, 0.5) is 10.7 Å². The summed E-state index contributed by atoms with van der Waals surface area (Å²) < 4.78 is 5.08. The number of hydrogen-bond acceptors (Lipinski definition) is 5. The molecule has 0 spiro atoms. The zero-order valence-corrected chi connectivity index (χ0v) is 15.4. The lowest BCUT2D eigenvalue weighted by atomic mass is 10.1. The Hall–Kier alpha value is -2.92. The summed E-state index contributed by atoms with van der Waals surface area (Å²) in [6.45, 7) is 3.94. The fourth-order valence-electron chi connectivity index (χ4n) is 2.49. The van der Waals surface area contributed by atoms with Gasteiger partial charge in [-0.25, -0.2) is 4.79 Å². The van der Waals surface area contributed by atoms with E-state index >= 15 is 0 Å². The Kier molecular flexibility index (Phi) is 5.49. The molecule has 0 saturated carbocycles. The van der Waals surface area contributed by atoms with Gasteiger partial charge in [-0.2, -0.15) is 0 Å². The highest BCUT2D eigenvalue weighted by molar-refractivity contribution is 7.19. The van der Waals surface area contributed by atoms with Crippen LogP contribution in [-0.2, 0) is 4.74 Å². The lowest BCUT2D eigenvalue weighted by Gasteiger charge is -2.12. The topological polar surface area (TPSA) is 55.4 Å². The minimum absolute atomic E-state index is 0.0390. The number of esters is 1. The number of anilines is 2. The third-order valence-electron chi connectivity index (χ3n) is 3.79. The Labute approximate surface area is 156 Å². The van der Waals surface area contributed by atoms with Crippen molar-refractivity contribution in [2.75, 3.05) is 11.9 Å². The maximum atomic E-state index is 12.7. The molecule has 0 atom stereocenters. The number of benzene rings is 2. The van der Waals surface area contributed by atoms with Crippen molar-refractivity contribution in [1.29, 1.82) is 0 Å². The van der Waals surface area contributed by atoms with Gasteiger partial charge in [0.1, 0.15) is 10.6 Å². The lowest BCUT2D eigenvalue weighted by molar-refractivity contribution is 0.0526. The van der Waals surface area contributed by atoms with Crippen molar-refractivity contribution in [3.05, 3.63) is 82.0 Å². The van der Waals surface area contributed by atoms with Gasteiger partial charge in [0, 0.05) is 16.6 Å². The maximum Gasteiger partial charge on any atom is 0.345 e. The number of nitrogens with one attached hydrogen (secondary N) is 1. The molecule has 0 radical (unpaired) electrons. The van der Waals surface area contributed by atoms with Gasteiger partial charge in [0.05, 0.1) is 6.61 Å². The van der Waals surface area contributed by atoms with Crippen LogP contribution in [0.5, 0.6) is 0 Å². The smallest absolute Gasteiger partial charge is 0.345 e. The average Bonchev–Trinajstić information content (AvgIpc) is 2.64. The van der Waals surface area contributed by atoms with E-state index < -0.39 is 5.97 Å². The standard InChI is InChI=1S/C21H19NO3S/c1-3-25-21(24)19-17(23)13-18(15-7-5-4-6-8-15)26-20(19)22-16-11-9-14(2)10-12-16/h4-13,22H,3H2,1-2H3. The molecule has 26 heavy (non-hydrogen) atoms. The van der Waals surface area contributed by atoms with Gasteiger partial charge in [-0.15, -0.1) is 11.3 Å². The number of carbonyl (C=O) groups excluding carboxylic acids is 1. The van der Waals surface area contributed by atoms with Crippen LogP contribution >= 0.6 is 11.3 Å². The maximum absolute atomic E-state index is 12.7. The summed E-state index contributed by atoms with van der Waals surface area (Å²) in [5.74, 6) is -0.608. The molecule has 4 nitrogen and oxygen atoms in total. The highest BCUT2D eigenvalue weighted by atomic mass is 32.1. The monoisotopic (exact) mass is 365 g/mol. The van der Waals surface area contributed by atoms with Crippen molar-refractivity contribution < 1.29 is 9.53 Å². The van der Waals surface area contributed by atoms with Crippen LogP contribution in [0, 0.1) is 6.92 Å². The molecule has 0 fully saturated rings. The summed E-state index contributed by atoms with van der Waals surface area (Å²) in [5, 5.41) is 3.69. The van der Waals surface area contributed by atoms with Crippen LogP contribution in [0.1, 0.15) is 22.8 Å². The van der Waals surface area contributed by atoms with Crippen molar-refractivity contribution >= 4 is 28.0 Å². The van der Waals surface area contributed by atoms with E-state index in [-0.39, 0.29) is 17.6 Å². The molecule has 1 aromatic heterocycles. The summed E-state index contributed by atoms with van der Waals surface area (Å²) in [6, 6.07) is 18.9. The van der Waals surface area contributed by atoms with E-state index in [0.717, 1.165) is 21.7 Å². The van der Waals surface area contributed by atoms with Crippen molar-refractivity contribution in [1.82, 2.24) is 0 Å². The van der Waals surface area contributed by atoms with E-state index in [2.05, 4.69) is 5.32 Å². The second-order valence-corrected chi connectivity index (χ2v) is 6.81. The molecule has 132 valence electrons. The minimum atomic E-state index is -0.608. The molecule has 0 saturated heterocycles. The minimum Gasteiger partial charge on any atom is -0.462 e. The zero-order chi connectivity index (χ0) is 18.5. The summed E-state index contributed by atoms with van der Waals surface area (Å²) in [6.07, 6.45) is 0. The highest BCUT2D eigenvalue weighted by Gasteiger charge is 2.20. The molecular formula is C21H19NO3S. The molecule has 0 aliphatic rings. The Balaban J connectivity index is 2.10. The van der Waals surface area contributed by atoms with Gasteiger partial charge >= 0.3 is 5.97 Å². The first-order valence-electron chi connectivity index (χ1n) is 8.33. The molecular weight excluding hydrogens is 346 g/mol. The predicted octanol–water partition coefficient (Wildman–Crippen LogP) is 5.00. The Bertz CT molecular complexity index is 963. The molecule has 0 aliphatic carbocycles. The number of aryl methyl sites for hydroxylation is 1. The molecule has 3 rings (SSSR count). The number of rotatable bonds is 5. The Morgan fingerprint density at radius 3 is 2.42 bits per heavy atom. The molecule has 0 amide bonds. The molecule has 1 N–H and O–H groups in total. The Morgan fingerprint density at radius 1 is 1.08 bits per heavy atom. The van der Waals surface area contributed by atoms with Gasteiger partial charge in [0.2, 0.25) is 0 Å². The predicted molar refractivity (Wildman–Crippen MR) is 106 cm³/mol. The molecule has 0 bridgehead atoms. The van der Waals surface area contributed by atoms with Crippen molar-refractivity contribution in [3.63, 3.8) is 0 Å². The van der Waals surface area contributed by atoms with E-state index in [1.165, 1.54) is 17.4 Å². The van der Waals surface area contributed by atoms with Gasteiger partial charge in [0.25, 0.3) is 0 Å². The van der Waals surface area contributed by atoms with Gasteiger partial charge in [0.15, 0.2) is 5.43 Å². The third kappa shape index (κ3) is 4.00. The van der Waals surface area contributed by atoms with Gasteiger partial charge in [-0.3, -0.25) is 4.79 Å². The average molecular weight is 365 g/mol. The van der Waals surface area contributed by atoms with Crippen molar-refractivity contribution in [2.24, 2.45) is 0 Å². The molecule has 0 unspecified atom stereocenters. The molecule has 0 aliphatic heterocycles. The fourth-order valence-corrected chi connectivity index (χ4v) is 3.59. The van der Waals surface area contributed by atoms with E-state index in [1.807, 2.05) is 61.5 Å². The quantitative estimate of drug-likeness (QED) is 0.646. The molecule has 5 heteroatoms. The summed E-state index contributed by atoms with van der Waals surface area (Å²) >= 11 is 1.36. The molecule has 1 heterocycles. The Morgan fingerprint density at radius 2 is 1.77 bits per heavy atom. The van der Waals surface area contributed by atoms with E-state index in [4.69, 9.17) is 4.74 Å². The fraction of sp³-hybridized carbons (Fsp3) is 0.143. The van der Waals surface area contributed by atoms with Gasteiger partial charge in [-0.05, 0) is 31.5 Å². The normalized spacial score (nSPS) is 10.4. The lowest BCUT2D eigenvalue weighted by Crippen LogP contribution is -2.18. The second kappa shape index (κ2) is 7.97. The number of carbonyl (C=O) groups is 1. The molecule has 2 aromatic carbocycles. The van der Waals surface area contributed by atoms with Crippen LogP contribution in [0.25, 0.3) is 10.4 Å². The SMILES string of the molecule is CCOC(=O)c1c(Nc2ccc(C)cc2)sc(-c2ccccc2)cc1=O. The van der Waals surface area contributed by atoms with E-state index in [0.29, 0.717) is 5.00 Å². The van der Waals surface area contributed by atoms with Crippen LogP contribution in [0.2, 0.25) is 0 Å². The summed E-state index contributed by atoms with van der Waals surface area (Å²) in [5.41, 5.74) is 2.55. The second-order valence-electron chi connectivity index (χ2n) is 5.76. The summed E-state index contributed by atoms with van der Waals surface area (Å²) in [4.78, 5) is 25.8. The first-order valence-corrected chi connectivity index (χ1v) is 9.14. The van der Waals surface area contributed by atoms with Crippen molar-refractivity contribution in [3.8, 4) is 10.4 Å². The van der Waals surface area contributed by atoms with Crippen LogP contribution < -0.4 is 10.7 Å². The summed E-state index contributed by atoms with van der Waals surface area (Å²) in [7, 11) is 0. The van der Waals surface area contributed by atoms with Crippen LogP contribution in [-0.4, -0.2) is 12.6 Å². The number of ether oxygens (including phenoxy) is 1. The zero-order valence-electron chi connectivity index (χ0n) is 14.6. The highest BCUT2D eigenvalue weighted by Crippen LogP contribution is 2.32. The first-order chi connectivity index (χ1) is 12.6. The van der Waals surface area contributed by atoms with Crippen LogP contribution in [0.15, 0.2) is 65.5 Å². The van der Waals surface area contributed by atoms with E-state index in [1.54, 1.807) is 6.92 Å². The van der Waals surface area contributed by atoms with Crippen molar-refractivity contribution in [2.45, 2.75) is 13.8 Å². The van der Waals surface area contributed by atoms with E-state index in [9.17, 15) is 9.59 Å². The third-order valence-corrected chi connectivity index (χ3v) is 4.88. The van der Waals surface area contributed by atoms with Gasteiger partial charge < -0.3 is 10.1 Å². The number of hydrogen-bond donors (Lipinski definition) is 1. The first kappa shape index (κ1) is 17.9. The molecule has 3 aromatic rings. The van der Waals surface area contributed by atoms with Crippen LogP contribution in [0.3, 0.4) is 0 Å². The van der Waals surface area contributed by atoms with Gasteiger partial charge in [-0.1, -0.05) is 48.0 Å². The largest absolute Gasteiger partial charge is 0.462 e.